The van der Waals surface area contributed by atoms with E-state index in [2.05, 4.69) is 27.8 Å². The normalized spacial score (nSPS) is 15.7. The van der Waals surface area contributed by atoms with E-state index in [-0.39, 0.29) is 24.1 Å². The summed E-state index contributed by atoms with van der Waals surface area (Å²) in [6.07, 6.45) is 2.76. The predicted octanol–water partition coefficient (Wildman–Crippen LogP) is 1.61. The van der Waals surface area contributed by atoms with Crippen molar-refractivity contribution in [2.45, 2.75) is 44.7 Å². The molecule has 0 bridgehead atoms. The number of nitrogens with two attached hydrogens (primary N) is 1. The van der Waals surface area contributed by atoms with Gasteiger partial charge in [-0.15, -0.1) is 0 Å². The van der Waals surface area contributed by atoms with Crippen molar-refractivity contribution in [3.05, 3.63) is 58.7 Å². The van der Waals surface area contributed by atoms with Crippen molar-refractivity contribution in [3.8, 4) is 17.6 Å². The van der Waals surface area contributed by atoms with Crippen LogP contribution in [0.4, 0.5) is 5.69 Å². The van der Waals surface area contributed by atoms with Crippen LogP contribution in [-0.4, -0.2) is 87.7 Å². The number of piperidine rings is 1. The molecule has 2 heterocycles. The lowest BCUT2D eigenvalue weighted by Crippen LogP contribution is -2.52. The van der Waals surface area contributed by atoms with E-state index in [4.69, 9.17) is 19.9 Å². The standard InChI is InChI=1S/C33H41N5O7/c1-43-29-21-24(10-11-27(29)34)31(40)36-16-6-18-45-20-19-44-17-5-15-35-14-3-2-7-23-8-4-9-25-26(23)22-38(33(25)42)28-12-13-30(39)37-32(28)41/h4,8-11,21,28,35H,3,5-6,12-20,22,34H2,1H3,(H,36,40)(H,37,39,41). The summed E-state index contributed by atoms with van der Waals surface area (Å²) in [5.74, 6) is 5.72. The second-order valence-corrected chi connectivity index (χ2v) is 10.7. The van der Waals surface area contributed by atoms with Gasteiger partial charge in [0.1, 0.15) is 11.8 Å². The molecule has 240 valence electrons. The van der Waals surface area contributed by atoms with E-state index >= 15 is 0 Å². The van der Waals surface area contributed by atoms with Crippen LogP contribution in [0.3, 0.4) is 0 Å². The zero-order valence-electron chi connectivity index (χ0n) is 25.6. The molecule has 0 saturated carbocycles. The van der Waals surface area contributed by atoms with Gasteiger partial charge in [0.05, 0.1) is 26.0 Å². The third-order valence-corrected chi connectivity index (χ3v) is 7.49. The van der Waals surface area contributed by atoms with E-state index < -0.39 is 11.9 Å². The van der Waals surface area contributed by atoms with Gasteiger partial charge in [-0.25, -0.2) is 0 Å². The number of carbonyl (C=O) groups is 4. The molecular weight excluding hydrogens is 578 g/mol. The molecule has 0 aliphatic carbocycles. The molecule has 1 fully saturated rings. The van der Waals surface area contributed by atoms with Crippen molar-refractivity contribution >= 4 is 29.3 Å². The summed E-state index contributed by atoms with van der Waals surface area (Å²) in [7, 11) is 1.51. The molecule has 2 aromatic carbocycles. The molecule has 5 N–H and O–H groups in total. The number of ether oxygens (including phenoxy) is 3. The zero-order chi connectivity index (χ0) is 32.0. The average Bonchev–Trinajstić information content (AvgIpc) is 3.37. The highest BCUT2D eigenvalue weighted by atomic mass is 16.5. The maximum atomic E-state index is 12.9. The topological polar surface area (TPSA) is 161 Å². The number of nitrogens with zero attached hydrogens (tertiary/aromatic N) is 1. The number of carbonyl (C=O) groups excluding carboxylic acids is 4. The van der Waals surface area contributed by atoms with Crippen LogP contribution in [0.1, 0.15) is 63.9 Å². The van der Waals surface area contributed by atoms with Crippen LogP contribution in [0.5, 0.6) is 5.75 Å². The molecule has 2 aliphatic rings. The molecule has 4 rings (SSSR count). The van der Waals surface area contributed by atoms with Crippen molar-refractivity contribution in [2.24, 2.45) is 0 Å². The van der Waals surface area contributed by atoms with Crippen molar-refractivity contribution in [1.29, 1.82) is 0 Å². The molecule has 1 atom stereocenters. The van der Waals surface area contributed by atoms with E-state index in [9.17, 15) is 19.2 Å². The van der Waals surface area contributed by atoms with Crippen molar-refractivity contribution in [1.82, 2.24) is 20.9 Å². The molecule has 45 heavy (non-hydrogen) atoms. The van der Waals surface area contributed by atoms with Gasteiger partial charge in [-0.05, 0) is 61.7 Å². The van der Waals surface area contributed by atoms with Gasteiger partial charge in [-0.2, -0.15) is 0 Å². The summed E-state index contributed by atoms with van der Waals surface area (Å²) in [5, 5.41) is 8.53. The van der Waals surface area contributed by atoms with Crippen LogP contribution in [-0.2, 0) is 25.6 Å². The lowest BCUT2D eigenvalue weighted by atomic mass is 10.0. The van der Waals surface area contributed by atoms with E-state index in [0.29, 0.717) is 81.3 Å². The SMILES string of the molecule is COc1cc(C(=O)NCCCOCCOCCCNCCC#Cc2cccc3c2CN(C2CCC(=O)NC2=O)C3=O)ccc1N. The number of imide groups is 1. The summed E-state index contributed by atoms with van der Waals surface area (Å²) >= 11 is 0. The summed E-state index contributed by atoms with van der Waals surface area (Å²) in [6.45, 7) is 4.50. The van der Waals surface area contributed by atoms with Crippen LogP contribution in [0.2, 0.25) is 0 Å². The fourth-order valence-corrected chi connectivity index (χ4v) is 5.09. The minimum atomic E-state index is -0.636. The molecule has 0 radical (unpaired) electrons. The summed E-state index contributed by atoms with van der Waals surface area (Å²) in [6, 6.07) is 9.74. The highest BCUT2D eigenvalue weighted by molar-refractivity contribution is 6.05. The number of nitrogen functional groups attached to an aromatic ring is 1. The first-order chi connectivity index (χ1) is 21.9. The molecule has 0 spiro atoms. The number of methoxy groups -OCH3 is 1. The molecule has 12 nitrogen and oxygen atoms in total. The number of hydrogen-bond acceptors (Lipinski definition) is 9. The maximum Gasteiger partial charge on any atom is 0.255 e. The second-order valence-electron chi connectivity index (χ2n) is 10.7. The van der Waals surface area contributed by atoms with E-state index in [1.54, 1.807) is 30.3 Å². The number of hydrogen-bond donors (Lipinski definition) is 4. The first-order valence-electron chi connectivity index (χ1n) is 15.2. The quantitative estimate of drug-likeness (QED) is 0.0947. The molecule has 12 heteroatoms. The minimum Gasteiger partial charge on any atom is -0.495 e. The predicted molar refractivity (Wildman–Crippen MR) is 167 cm³/mol. The molecule has 2 aromatic rings. The fraction of sp³-hybridized carbons (Fsp3) is 0.455. The summed E-state index contributed by atoms with van der Waals surface area (Å²) in [4.78, 5) is 50.5. The number of fused-ring (bicyclic) bond motifs is 1. The smallest absolute Gasteiger partial charge is 0.255 e. The molecule has 4 amide bonds. The Morgan fingerprint density at radius 3 is 2.58 bits per heavy atom. The van der Waals surface area contributed by atoms with Crippen LogP contribution in [0.15, 0.2) is 36.4 Å². The highest BCUT2D eigenvalue weighted by Gasteiger charge is 2.39. The van der Waals surface area contributed by atoms with Gasteiger partial charge in [0.2, 0.25) is 11.8 Å². The Kier molecular flexibility index (Phi) is 12.8. The van der Waals surface area contributed by atoms with Gasteiger partial charge in [-0.1, -0.05) is 17.9 Å². The van der Waals surface area contributed by atoms with Gasteiger partial charge in [0, 0.05) is 62.4 Å². The Morgan fingerprint density at radius 1 is 1.04 bits per heavy atom. The Hall–Kier alpha value is -4.44. The van der Waals surface area contributed by atoms with Crippen molar-refractivity contribution in [2.75, 3.05) is 58.9 Å². The first kappa shape index (κ1) is 33.5. The third-order valence-electron chi connectivity index (χ3n) is 7.49. The number of anilines is 1. The van der Waals surface area contributed by atoms with E-state index in [1.807, 2.05) is 6.07 Å². The monoisotopic (exact) mass is 619 g/mol. The minimum absolute atomic E-state index is 0.186. The Balaban J connectivity index is 1.01. The molecular formula is C33H41N5O7. The largest absolute Gasteiger partial charge is 0.495 e. The van der Waals surface area contributed by atoms with Crippen molar-refractivity contribution in [3.63, 3.8) is 0 Å². The number of benzene rings is 2. The Bertz CT molecular complexity index is 1430. The zero-order valence-corrected chi connectivity index (χ0v) is 25.6. The average molecular weight is 620 g/mol. The number of rotatable bonds is 16. The van der Waals surface area contributed by atoms with E-state index in [1.165, 1.54) is 12.0 Å². The molecule has 1 saturated heterocycles. The number of nitrogens with one attached hydrogen (secondary N) is 3. The molecule has 0 aromatic heterocycles. The van der Waals surface area contributed by atoms with Crippen LogP contribution < -0.4 is 26.4 Å². The van der Waals surface area contributed by atoms with Gasteiger partial charge in [0.15, 0.2) is 0 Å². The van der Waals surface area contributed by atoms with Gasteiger partial charge < -0.3 is 35.5 Å². The lowest BCUT2D eigenvalue weighted by Gasteiger charge is -2.29. The molecule has 1 unspecified atom stereocenters. The Morgan fingerprint density at radius 2 is 1.82 bits per heavy atom. The van der Waals surface area contributed by atoms with Crippen LogP contribution in [0.25, 0.3) is 0 Å². The van der Waals surface area contributed by atoms with Gasteiger partial charge in [0.25, 0.3) is 11.8 Å². The van der Waals surface area contributed by atoms with Crippen LogP contribution in [0, 0.1) is 11.8 Å². The lowest BCUT2D eigenvalue weighted by molar-refractivity contribution is -0.136. The van der Waals surface area contributed by atoms with Crippen molar-refractivity contribution < 1.29 is 33.4 Å². The third kappa shape index (κ3) is 9.52. The second kappa shape index (κ2) is 17.2. The Labute approximate surface area is 263 Å². The fourth-order valence-electron chi connectivity index (χ4n) is 5.09. The summed E-state index contributed by atoms with van der Waals surface area (Å²) in [5.41, 5.74) is 8.94. The number of amides is 4. The summed E-state index contributed by atoms with van der Waals surface area (Å²) < 4.78 is 16.3. The highest BCUT2D eigenvalue weighted by Crippen LogP contribution is 2.29. The van der Waals surface area contributed by atoms with Crippen LogP contribution >= 0.6 is 0 Å². The van der Waals surface area contributed by atoms with Gasteiger partial charge in [-0.3, -0.25) is 24.5 Å². The van der Waals surface area contributed by atoms with Gasteiger partial charge >= 0.3 is 0 Å². The maximum absolute atomic E-state index is 12.9. The molecule has 2 aliphatic heterocycles. The first-order valence-corrected chi connectivity index (χ1v) is 15.2. The van der Waals surface area contributed by atoms with E-state index in [0.717, 1.165) is 30.6 Å².